The lowest BCUT2D eigenvalue weighted by Gasteiger charge is -2.17. The van der Waals surface area contributed by atoms with Gasteiger partial charge in [-0.05, 0) is 19.4 Å². The first-order chi connectivity index (χ1) is 8.65. The maximum absolute atomic E-state index is 12.0. The molecule has 0 aliphatic rings. The van der Waals surface area contributed by atoms with Crippen LogP contribution >= 0.6 is 0 Å². The summed E-state index contributed by atoms with van der Waals surface area (Å²) < 4.78 is 0. The monoisotopic (exact) mass is 246 g/mol. The van der Waals surface area contributed by atoms with Crippen LogP contribution in [0, 0.1) is 6.92 Å². The number of aryl methyl sites for hydroxylation is 1. The number of aliphatic hydroxyl groups excluding tert-OH is 1. The summed E-state index contributed by atoms with van der Waals surface area (Å²) in [6.07, 6.45) is 0.872. The number of fused-ring (bicyclic) bond motifs is 1. The van der Waals surface area contributed by atoms with Crippen molar-refractivity contribution in [3.05, 3.63) is 30.0 Å². The molecule has 0 saturated heterocycles. The summed E-state index contributed by atoms with van der Waals surface area (Å²) in [6, 6.07) is 7.93. The topological polar surface area (TPSA) is 56.3 Å². The van der Waals surface area contributed by atoms with Crippen LogP contribution in [0.5, 0.6) is 0 Å². The standard InChI is InChI=1S/C14H18N2O2/c1-10-14(16(2)13(18)8-5-9-17)11-6-3-4-7-12(11)15-10/h3-4,6-7,15,17H,5,8-9H2,1-2H3. The van der Waals surface area contributed by atoms with Gasteiger partial charge in [0.25, 0.3) is 0 Å². The Balaban J connectivity index is 2.35. The molecule has 0 bridgehead atoms. The summed E-state index contributed by atoms with van der Waals surface area (Å²) in [6.45, 7) is 2.01. The molecule has 1 aromatic heterocycles. The van der Waals surface area contributed by atoms with Crippen molar-refractivity contribution >= 4 is 22.5 Å². The average Bonchev–Trinajstić information content (AvgIpc) is 2.70. The fourth-order valence-corrected chi connectivity index (χ4v) is 2.22. The molecule has 96 valence electrons. The fraction of sp³-hybridized carbons (Fsp3) is 0.357. The number of para-hydroxylation sites is 1. The van der Waals surface area contributed by atoms with Crippen LogP contribution in [-0.2, 0) is 4.79 Å². The number of hydrogen-bond acceptors (Lipinski definition) is 2. The number of rotatable bonds is 4. The zero-order valence-corrected chi connectivity index (χ0v) is 10.7. The van der Waals surface area contributed by atoms with E-state index in [4.69, 9.17) is 5.11 Å². The van der Waals surface area contributed by atoms with E-state index in [0.717, 1.165) is 22.3 Å². The van der Waals surface area contributed by atoms with Crippen molar-refractivity contribution < 1.29 is 9.90 Å². The minimum atomic E-state index is 0.0249. The number of carbonyl (C=O) groups excluding carboxylic acids is 1. The van der Waals surface area contributed by atoms with Crippen LogP contribution < -0.4 is 4.90 Å². The number of aliphatic hydroxyl groups is 1. The van der Waals surface area contributed by atoms with E-state index >= 15 is 0 Å². The van der Waals surface area contributed by atoms with Crippen LogP contribution in [-0.4, -0.2) is 29.7 Å². The summed E-state index contributed by atoms with van der Waals surface area (Å²) in [7, 11) is 1.78. The predicted molar refractivity (Wildman–Crippen MR) is 72.8 cm³/mol. The summed E-state index contributed by atoms with van der Waals surface area (Å²) in [4.78, 5) is 16.9. The summed E-state index contributed by atoms with van der Waals surface area (Å²) in [5.41, 5.74) is 2.94. The maximum atomic E-state index is 12.0. The van der Waals surface area contributed by atoms with Gasteiger partial charge in [-0.1, -0.05) is 18.2 Å². The zero-order chi connectivity index (χ0) is 13.1. The van der Waals surface area contributed by atoms with Crippen LogP contribution in [0.4, 0.5) is 5.69 Å². The van der Waals surface area contributed by atoms with Crippen LogP contribution in [0.15, 0.2) is 24.3 Å². The number of aromatic amines is 1. The average molecular weight is 246 g/mol. The maximum Gasteiger partial charge on any atom is 0.226 e. The molecule has 4 heteroatoms. The molecule has 4 nitrogen and oxygen atoms in total. The first-order valence-electron chi connectivity index (χ1n) is 6.10. The molecule has 0 atom stereocenters. The molecule has 2 rings (SSSR count). The molecular formula is C14H18N2O2. The molecule has 0 radical (unpaired) electrons. The van der Waals surface area contributed by atoms with Gasteiger partial charge in [0.15, 0.2) is 0 Å². The van der Waals surface area contributed by atoms with E-state index in [1.807, 2.05) is 31.2 Å². The lowest BCUT2D eigenvalue weighted by Crippen LogP contribution is -2.26. The second kappa shape index (κ2) is 5.23. The molecule has 0 unspecified atom stereocenters. The molecule has 2 N–H and O–H groups in total. The molecule has 2 aromatic rings. The highest BCUT2D eigenvalue weighted by atomic mass is 16.3. The van der Waals surface area contributed by atoms with Gasteiger partial charge in [-0.25, -0.2) is 0 Å². The molecule has 0 saturated carbocycles. The second-order valence-corrected chi connectivity index (χ2v) is 4.42. The number of aromatic nitrogens is 1. The van der Waals surface area contributed by atoms with Crippen molar-refractivity contribution in [2.45, 2.75) is 19.8 Å². The molecule has 0 spiro atoms. The third-order valence-corrected chi connectivity index (χ3v) is 3.12. The Morgan fingerprint density at radius 3 is 2.83 bits per heavy atom. The van der Waals surface area contributed by atoms with Gasteiger partial charge in [-0.3, -0.25) is 4.79 Å². The number of anilines is 1. The van der Waals surface area contributed by atoms with Crippen LogP contribution in [0.1, 0.15) is 18.5 Å². The number of hydrogen-bond donors (Lipinski definition) is 2. The summed E-state index contributed by atoms with van der Waals surface area (Å²) in [5.74, 6) is 0.0249. The number of H-pyrrole nitrogens is 1. The third kappa shape index (κ3) is 2.24. The smallest absolute Gasteiger partial charge is 0.226 e. The second-order valence-electron chi connectivity index (χ2n) is 4.42. The van der Waals surface area contributed by atoms with Gasteiger partial charge < -0.3 is 15.0 Å². The largest absolute Gasteiger partial charge is 0.396 e. The highest BCUT2D eigenvalue weighted by molar-refractivity contribution is 6.04. The quantitative estimate of drug-likeness (QED) is 0.869. The third-order valence-electron chi connectivity index (χ3n) is 3.12. The van der Waals surface area contributed by atoms with Crippen LogP contribution in [0.25, 0.3) is 10.9 Å². The fourth-order valence-electron chi connectivity index (χ4n) is 2.22. The van der Waals surface area contributed by atoms with Crippen molar-refractivity contribution in [3.8, 4) is 0 Å². The highest BCUT2D eigenvalue weighted by Crippen LogP contribution is 2.30. The van der Waals surface area contributed by atoms with Crippen molar-refractivity contribution in [1.82, 2.24) is 4.98 Å². The molecule has 1 amide bonds. The first kappa shape index (κ1) is 12.6. The summed E-state index contributed by atoms with van der Waals surface area (Å²) in [5, 5.41) is 9.83. The van der Waals surface area contributed by atoms with Gasteiger partial charge in [-0.2, -0.15) is 0 Å². The Morgan fingerprint density at radius 2 is 2.11 bits per heavy atom. The van der Waals surface area contributed by atoms with E-state index in [1.54, 1.807) is 11.9 Å². The number of carbonyl (C=O) groups is 1. The molecule has 18 heavy (non-hydrogen) atoms. The van der Waals surface area contributed by atoms with Crippen molar-refractivity contribution in [1.29, 1.82) is 0 Å². The Morgan fingerprint density at radius 1 is 1.39 bits per heavy atom. The number of benzene rings is 1. The van der Waals surface area contributed by atoms with Crippen LogP contribution in [0.2, 0.25) is 0 Å². The van der Waals surface area contributed by atoms with E-state index in [-0.39, 0.29) is 12.5 Å². The predicted octanol–water partition coefficient (Wildman–Crippen LogP) is 2.21. The van der Waals surface area contributed by atoms with Gasteiger partial charge >= 0.3 is 0 Å². The van der Waals surface area contributed by atoms with E-state index in [9.17, 15) is 4.79 Å². The minimum Gasteiger partial charge on any atom is -0.396 e. The lowest BCUT2D eigenvalue weighted by molar-refractivity contribution is -0.118. The van der Waals surface area contributed by atoms with Crippen LogP contribution in [0.3, 0.4) is 0 Å². The van der Waals surface area contributed by atoms with E-state index in [1.165, 1.54) is 0 Å². The Kier molecular flexibility index (Phi) is 3.67. The molecular weight excluding hydrogens is 228 g/mol. The van der Waals surface area contributed by atoms with E-state index in [0.29, 0.717) is 12.8 Å². The summed E-state index contributed by atoms with van der Waals surface area (Å²) >= 11 is 0. The number of nitrogens with one attached hydrogen (secondary N) is 1. The van der Waals surface area contributed by atoms with Gasteiger partial charge in [-0.15, -0.1) is 0 Å². The number of nitrogens with zero attached hydrogens (tertiary/aromatic N) is 1. The Labute approximate surface area is 106 Å². The molecule has 0 fully saturated rings. The lowest BCUT2D eigenvalue weighted by atomic mass is 10.2. The Bertz CT molecular complexity index is 560. The molecule has 1 aromatic carbocycles. The molecule has 0 aliphatic carbocycles. The first-order valence-corrected chi connectivity index (χ1v) is 6.10. The van der Waals surface area contributed by atoms with Gasteiger partial charge in [0, 0.05) is 36.7 Å². The van der Waals surface area contributed by atoms with Gasteiger partial charge in [0.2, 0.25) is 5.91 Å². The van der Waals surface area contributed by atoms with Gasteiger partial charge in [0.1, 0.15) is 0 Å². The number of amides is 1. The van der Waals surface area contributed by atoms with Gasteiger partial charge in [0.05, 0.1) is 5.69 Å². The Hall–Kier alpha value is -1.81. The molecule has 0 aliphatic heterocycles. The van der Waals surface area contributed by atoms with E-state index in [2.05, 4.69) is 4.98 Å². The minimum absolute atomic E-state index is 0.0249. The highest BCUT2D eigenvalue weighted by Gasteiger charge is 2.17. The normalized spacial score (nSPS) is 10.8. The SMILES string of the molecule is Cc1[nH]c2ccccc2c1N(C)C(=O)CCCO. The van der Waals surface area contributed by atoms with Crippen molar-refractivity contribution in [2.75, 3.05) is 18.6 Å². The van der Waals surface area contributed by atoms with Crippen molar-refractivity contribution in [2.24, 2.45) is 0 Å². The van der Waals surface area contributed by atoms with E-state index < -0.39 is 0 Å². The molecule has 1 heterocycles. The van der Waals surface area contributed by atoms with Crippen molar-refractivity contribution in [3.63, 3.8) is 0 Å². The zero-order valence-electron chi connectivity index (χ0n) is 10.7.